The number of nitrogens with two attached hydrogens (primary N) is 1. The molecule has 0 amide bonds. The van der Waals surface area contributed by atoms with Gasteiger partial charge in [-0.1, -0.05) is 24.3 Å². The number of carbonyl (C=O) groups is 1. The van der Waals surface area contributed by atoms with Gasteiger partial charge in [0.25, 0.3) is 0 Å². The first-order valence-electron chi connectivity index (χ1n) is 11.0. The number of allylic oxidation sites excluding steroid dienone is 4. The van der Waals surface area contributed by atoms with Crippen molar-refractivity contribution in [2.75, 3.05) is 19.0 Å². The van der Waals surface area contributed by atoms with Crippen LogP contribution in [0.15, 0.2) is 42.0 Å². The minimum absolute atomic E-state index is 0.202. The van der Waals surface area contributed by atoms with E-state index < -0.39 is 0 Å². The standard InChI is InChI=1S/C25H33N5O2/c1-6-9-16(7-2)14-20-29-22(27-13-8-12-25(3,4)26)21-18-11-10-17(24(31)32-5)15-19(18)28-23(21)30-20/h6-7,9-11,15H,8,12-14,26H2,1-5H3,(H2,27,28,29,30)/b9-6-,16-7+. The number of anilines is 1. The van der Waals surface area contributed by atoms with E-state index in [0.29, 0.717) is 12.0 Å². The molecule has 0 radical (unpaired) electrons. The number of esters is 1. The normalized spacial score (nSPS) is 12.8. The van der Waals surface area contributed by atoms with Gasteiger partial charge in [-0.2, -0.15) is 0 Å². The highest BCUT2D eigenvalue weighted by molar-refractivity contribution is 6.12. The summed E-state index contributed by atoms with van der Waals surface area (Å²) < 4.78 is 4.86. The summed E-state index contributed by atoms with van der Waals surface area (Å²) in [5.41, 5.74) is 9.12. The molecule has 32 heavy (non-hydrogen) atoms. The highest BCUT2D eigenvalue weighted by atomic mass is 16.5. The molecule has 3 aromatic rings. The summed E-state index contributed by atoms with van der Waals surface area (Å²) in [5, 5.41) is 5.37. The van der Waals surface area contributed by atoms with E-state index in [1.54, 1.807) is 12.1 Å². The Labute approximate surface area is 189 Å². The van der Waals surface area contributed by atoms with Crippen molar-refractivity contribution in [1.29, 1.82) is 0 Å². The van der Waals surface area contributed by atoms with Crippen molar-refractivity contribution in [3.8, 4) is 0 Å². The van der Waals surface area contributed by atoms with E-state index in [4.69, 9.17) is 20.4 Å². The maximum Gasteiger partial charge on any atom is 0.337 e. The van der Waals surface area contributed by atoms with Crippen LogP contribution in [0.25, 0.3) is 21.9 Å². The van der Waals surface area contributed by atoms with Crippen molar-refractivity contribution < 1.29 is 9.53 Å². The van der Waals surface area contributed by atoms with Gasteiger partial charge in [0.05, 0.1) is 18.1 Å². The van der Waals surface area contributed by atoms with E-state index in [9.17, 15) is 4.79 Å². The Morgan fingerprint density at radius 2 is 2.06 bits per heavy atom. The maximum absolute atomic E-state index is 12.0. The minimum atomic E-state index is -0.371. The number of ether oxygens (including phenoxy) is 1. The van der Waals surface area contributed by atoms with Crippen LogP contribution in [0.3, 0.4) is 0 Å². The molecular formula is C25H33N5O2. The summed E-state index contributed by atoms with van der Waals surface area (Å²) in [4.78, 5) is 25.0. The molecule has 0 aliphatic carbocycles. The predicted molar refractivity (Wildman–Crippen MR) is 131 cm³/mol. The quantitative estimate of drug-likeness (QED) is 0.251. The van der Waals surface area contributed by atoms with Crippen LogP contribution in [0.4, 0.5) is 5.82 Å². The Hall–Kier alpha value is -3.19. The van der Waals surface area contributed by atoms with Gasteiger partial charge in [-0.3, -0.25) is 0 Å². The molecule has 2 heterocycles. The molecule has 0 unspecified atom stereocenters. The highest BCUT2D eigenvalue weighted by Gasteiger charge is 2.17. The van der Waals surface area contributed by atoms with Crippen molar-refractivity contribution in [1.82, 2.24) is 15.0 Å². The summed E-state index contributed by atoms with van der Waals surface area (Å²) in [7, 11) is 1.38. The molecule has 2 aromatic heterocycles. The summed E-state index contributed by atoms with van der Waals surface area (Å²) in [6, 6.07) is 5.47. The number of carbonyl (C=O) groups excluding carboxylic acids is 1. The molecule has 7 heteroatoms. The number of hydrogen-bond donors (Lipinski definition) is 3. The van der Waals surface area contributed by atoms with E-state index in [1.807, 2.05) is 39.8 Å². The van der Waals surface area contributed by atoms with Crippen LogP contribution in [-0.2, 0) is 11.2 Å². The van der Waals surface area contributed by atoms with Gasteiger partial charge in [-0.25, -0.2) is 14.8 Å². The Morgan fingerprint density at radius 1 is 1.28 bits per heavy atom. The zero-order chi connectivity index (χ0) is 23.3. The van der Waals surface area contributed by atoms with E-state index >= 15 is 0 Å². The van der Waals surface area contributed by atoms with Gasteiger partial charge < -0.3 is 20.8 Å². The first-order chi connectivity index (χ1) is 15.3. The number of nitrogens with zero attached hydrogens (tertiary/aromatic N) is 2. The Balaban J connectivity index is 2.04. The smallest absolute Gasteiger partial charge is 0.337 e. The largest absolute Gasteiger partial charge is 0.465 e. The lowest BCUT2D eigenvalue weighted by atomic mass is 10.0. The van der Waals surface area contributed by atoms with Crippen LogP contribution in [-0.4, -0.2) is 40.1 Å². The second-order valence-corrected chi connectivity index (χ2v) is 8.65. The van der Waals surface area contributed by atoms with Gasteiger partial charge in [0.15, 0.2) is 0 Å². The lowest BCUT2D eigenvalue weighted by Crippen LogP contribution is -2.32. The van der Waals surface area contributed by atoms with Gasteiger partial charge in [-0.15, -0.1) is 0 Å². The van der Waals surface area contributed by atoms with Crippen LogP contribution in [0, 0.1) is 0 Å². The number of rotatable bonds is 9. The second-order valence-electron chi connectivity index (χ2n) is 8.65. The number of benzene rings is 1. The summed E-state index contributed by atoms with van der Waals surface area (Å²) >= 11 is 0. The lowest BCUT2D eigenvalue weighted by molar-refractivity contribution is 0.0601. The zero-order valence-electron chi connectivity index (χ0n) is 19.6. The number of nitrogens with one attached hydrogen (secondary N) is 2. The summed E-state index contributed by atoms with van der Waals surface area (Å²) in [6.07, 6.45) is 8.61. The Bertz CT molecular complexity index is 1170. The second kappa shape index (κ2) is 9.96. The van der Waals surface area contributed by atoms with Crippen molar-refractivity contribution in [3.05, 3.63) is 53.4 Å². The van der Waals surface area contributed by atoms with Gasteiger partial charge >= 0.3 is 5.97 Å². The predicted octanol–water partition coefficient (Wildman–Crippen LogP) is 4.89. The number of aromatic nitrogens is 3. The Kier molecular flexibility index (Phi) is 7.30. The molecule has 0 saturated carbocycles. The van der Waals surface area contributed by atoms with Crippen molar-refractivity contribution in [3.63, 3.8) is 0 Å². The van der Waals surface area contributed by atoms with Crippen LogP contribution in [0.5, 0.6) is 0 Å². The fraction of sp³-hybridized carbons (Fsp3) is 0.400. The first-order valence-corrected chi connectivity index (χ1v) is 11.0. The third kappa shape index (κ3) is 5.53. The highest BCUT2D eigenvalue weighted by Crippen LogP contribution is 2.31. The third-order valence-corrected chi connectivity index (χ3v) is 5.32. The number of methoxy groups -OCH3 is 1. The molecule has 170 valence electrons. The molecule has 7 nitrogen and oxygen atoms in total. The van der Waals surface area contributed by atoms with Crippen LogP contribution < -0.4 is 11.1 Å². The fourth-order valence-electron chi connectivity index (χ4n) is 3.70. The SMILES string of the molecule is C/C=C\C(=C/C)Cc1nc(NCCCC(C)(C)N)c2c(n1)[nH]c1cc(C(=O)OC)ccc12. The van der Waals surface area contributed by atoms with Gasteiger partial charge in [0.1, 0.15) is 17.3 Å². The molecule has 0 aliphatic rings. The van der Waals surface area contributed by atoms with E-state index in [2.05, 4.69) is 22.5 Å². The molecule has 0 saturated heterocycles. The zero-order valence-corrected chi connectivity index (χ0v) is 19.6. The third-order valence-electron chi connectivity index (χ3n) is 5.32. The summed E-state index contributed by atoms with van der Waals surface area (Å²) in [6.45, 7) is 8.83. The van der Waals surface area contributed by atoms with Crippen molar-refractivity contribution in [2.24, 2.45) is 5.73 Å². The monoisotopic (exact) mass is 435 g/mol. The molecule has 0 spiro atoms. The lowest BCUT2D eigenvalue weighted by Gasteiger charge is -2.18. The van der Waals surface area contributed by atoms with Crippen molar-refractivity contribution >= 4 is 33.7 Å². The Morgan fingerprint density at radius 3 is 2.72 bits per heavy atom. The molecule has 0 atom stereocenters. The minimum Gasteiger partial charge on any atom is -0.465 e. The average Bonchev–Trinajstić information content (AvgIpc) is 3.12. The van der Waals surface area contributed by atoms with Crippen LogP contribution in [0.1, 0.15) is 56.7 Å². The topological polar surface area (TPSA) is 106 Å². The maximum atomic E-state index is 12.0. The molecular weight excluding hydrogens is 402 g/mol. The molecule has 0 aliphatic heterocycles. The average molecular weight is 436 g/mol. The first kappa shape index (κ1) is 23.5. The number of H-pyrrole nitrogens is 1. The van der Waals surface area contributed by atoms with Crippen LogP contribution >= 0.6 is 0 Å². The molecule has 0 bridgehead atoms. The molecule has 1 aromatic carbocycles. The van der Waals surface area contributed by atoms with E-state index in [0.717, 1.165) is 58.5 Å². The molecule has 0 fully saturated rings. The van der Waals surface area contributed by atoms with Gasteiger partial charge in [0, 0.05) is 29.4 Å². The van der Waals surface area contributed by atoms with E-state index in [1.165, 1.54) is 7.11 Å². The number of aromatic amines is 1. The number of hydrogen-bond acceptors (Lipinski definition) is 6. The van der Waals surface area contributed by atoms with Crippen molar-refractivity contribution in [2.45, 2.75) is 52.5 Å². The fourth-order valence-corrected chi connectivity index (χ4v) is 3.70. The molecule has 3 rings (SSSR count). The summed E-state index contributed by atoms with van der Waals surface area (Å²) in [5.74, 6) is 1.14. The van der Waals surface area contributed by atoms with Crippen LogP contribution in [0.2, 0.25) is 0 Å². The number of fused-ring (bicyclic) bond motifs is 3. The van der Waals surface area contributed by atoms with E-state index in [-0.39, 0.29) is 11.5 Å². The van der Waals surface area contributed by atoms with Gasteiger partial charge in [0.2, 0.25) is 0 Å². The molecule has 4 N–H and O–H groups in total. The van der Waals surface area contributed by atoms with Gasteiger partial charge in [-0.05, 0) is 58.2 Å².